The molecule has 0 fully saturated rings. The first-order valence-electron chi connectivity index (χ1n) is 8.90. The molecule has 0 saturated heterocycles. The minimum Gasteiger partial charge on any atom is -0.410 e. The van der Waals surface area contributed by atoms with Gasteiger partial charge in [0, 0.05) is 17.7 Å². The van der Waals surface area contributed by atoms with Gasteiger partial charge in [-0.15, -0.1) is 0 Å². The summed E-state index contributed by atoms with van der Waals surface area (Å²) in [7, 11) is 0. The summed E-state index contributed by atoms with van der Waals surface area (Å²) in [6.45, 7) is 1.02. The highest BCUT2D eigenvalue weighted by atomic mass is 16.6. The summed E-state index contributed by atoms with van der Waals surface area (Å²) in [6.07, 6.45) is 4.53. The number of rotatable bonds is 10. The zero-order valence-corrected chi connectivity index (χ0v) is 15.0. The Kier molecular flexibility index (Phi) is 8.47. The number of carbonyl (C=O) groups excluding carboxylic acids is 3. The molecule has 6 heteroatoms. The number of hydrogen-bond acceptors (Lipinski definition) is 5. The van der Waals surface area contributed by atoms with Crippen molar-refractivity contribution in [3.8, 4) is 5.75 Å². The van der Waals surface area contributed by atoms with E-state index in [1.54, 1.807) is 36.4 Å². The van der Waals surface area contributed by atoms with E-state index >= 15 is 0 Å². The molecular weight excluding hydrogens is 344 g/mol. The van der Waals surface area contributed by atoms with Crippen LogP contribution in [-0.4, -0.2) is 31.0 Å². The number of nitrogens with zero attached hydrogens (tertiary/aromatic N) is 1. The van der Waals surface area contributed by atoms with Gasteiger partial charge in [-0.05, 0) is 37.1 Å². The van der Waals surface area contributed by atoms with Gasteiger partial charge in [0.2, 0.25) is 6.08 Å². The number of unbranched alkanes of at least 4 members (excludes halogenated alkanes) is 3. The van der Waals surface area contributed by atoms with Gasteiger partial charge in [0.15, 0.2) is 5.78 Å². The van der Waals surface area contributed by atoms with Crippen LogP contribution < -0.4 is 10.1 Å². The molecule has 0 aliphatic carbocycles. The molecule has 2 rings (SSSR count). The second-order valence-electron chi connectivity index (χ2n) is 5.92. The Morgan fingerprint density at radius 2 is 1.56 bits per heavy atom. The summed E-state index contributed by atoms with van der Waals surface area (Å²) in [5.41, 5.74) is 1.15. The van der Waals surface area contributed by atoms with Crippen LogP contribution in [0, 0.1) is 0 Å². The van der Waals surface area contributed by atoms with Gasteiger partial charge in [-0.1, -0.05) is 43.2 Å². The Labute approximate surface area is 158 Å². The van der Waals surface area contributed by atoms with Crippen molar-refractivity contribution in [2.75, 3.05) is 13.1 Å². The van der Waals surface area contributed by atoms with Crippen LogP contribution in [-0.2, 0) is 4.79 Å². The smallest absolute Gasteiger partial charge is 0.410 e. The van der Waals surface area contributed by atoms with Gasteiger partial charge in [-0.25, -0.2) is 14.6 Å². The third-order valence-corrected chi connectivity index (χ3v) is 3.89. The molecule has 140 valence electrons. The first-order chi connectivity index (χ1) is 13.2. The van der Waals surface area contributed by atoms with Crippen molar-refractivity contribution < 1.29 is 19.1 Å². The molecule has 0 radical (unpaired) electrons. The van der Waals surface area contributed by atoms with Crippen molar-refractivity contribution in [1.29, 1.82) is 0 Å². The fourth-order valence-electron chi connectivity index (χ4n) is 2.48. The van der Waals surface area contributed by atoms with E-state index in [1.807, 2.05) is 18.2 Å². The predicted octanol–water partition coefficient (Wildman–Crippen LogP) is 3.90. The second-order valence-corrected chi connectivity index (χ2v) is 5.92. The first kappa shape index (κ1) is 20.1. The third kappa shape index (κ3) is 7.26. The number of aliphatic imine (C=N–C) groups is 1. The number of carbonyl (C=O) groups is 2. The van der Waals surface area contributed by atoms with Crippen molar-refractivity contribution in [2.24, 2.45) is 4.99 Å². The van der Waals surface area contributed by atoms with Crippen LogP contribution in [0.4, 0.5) is 4.79 Å². The molecule has 0 saturated carbocycles. The molecule has 6 nitrogen and oxygen atoms in total. The summed E-state index contributed by atoms with van der Waals surface area (Å²) < 4.78 is 5.20. The lowest BCUT2D eigenvalue weighted by Gasteiger charge is -2.07. The summed E-state index contributed by atoms with van der Waals surface area (Å²) in [6, 6.07) is 15.5. The van der Waals surface area contributed by atoms with Crippen LogP contribution >= 0.6 is 0 Å². The molecule has 2 aromatic carbocycles. The van der Waals surface area contributed by atoms with Crippen LogP contribution in [0.25, 0.3) is 0 Å². The van der Waals surface area contributed by atoms with Crippen LogP contribution in [0.3, 0.4) is 0 Å². The van der Waals surface area contributed by atoms with Gasteiger partial charge in [0.1, 0.15) is 5.75 Å². The minimum absolute atomic E-state index is 0.0783. The maximum atomic E-state index is 12.3. The number of benzene rings is 2. The highest BCUT2D eigenvalue weighted by Crippen LogP contribution is 2.15. The SMILES string of the molecule is O=C=NCCCCCCNC(=O)Oc1ccc(C(=O)c2ccccc2)cc1. The molecule has 2 aromatic rings. The number of ether oxygens (including phenoxy) is 1. The average molecular weight is 366 g/mol. The molecule has 0 aromatic heterocycles. The number of hydrogen-bond donors (Lipinski definition) is 1. The quantitative estimate of drug-likeness (QED) is 0.299. The topological polar surface area (TPSA) is 84.8 Å². The fourth-order valence-corrected chi connectivity index (χ4v) is 2.48. The van der Waals surface area contributed by atoms with Gasteiger partial charge in [-0.3, -0.25) is 4.79 Å². The van der Waals surface area contributed by atoms with Crippen LogP contribution in [0.15, 0.2) is 59.6 Å². The lowest BCUT2D eigenvalue weighted by molar-refractivity contribution is 0.103. The first-order valence-corrected chi connectivity index (χ1v) is 8.90. The lowest BCUT2D eigenvalue weighted by Crippen LogP contribution is -2.27. The number of amides is 1. The van der Waals surface area contributed by atoms with E-state index in [4.69, 9.17) is 4.74 Å². The van der Waals surface area contributed by atoms with Gasteiger partial charge in [0.05, 0.1) is 6.54 Å². The molecular formula is C21H22N2O4. The molecule has 0 bridgehead atoms. The Bertz CT molecular complexity index is 782. The van der Waals surface area contributed by atoms with E-state index in [0.717, 1.165) is 25.7 Å². The maximum Gasteiger partial charge on any atom is 0.412 e. The number of ketones is 1. The molecule has 27 heavy (non-hydrogen) atoms. The molecule has 1 N–H and O–H groups in total. The van der Waals surface area contributed by atoms with Gasteiger partial charge in [-0.2, -0.15) is 0 Å². The summed E-state index contributed by atoms with van der Waals surface area (Å²) in [5, 5.41) is 2.68. The number of nitrogens with one attached hydrogen (secondary N) is 1. The zero-order chi connectivity index (χ0) is 19.3. The van der Waals surface area contributed by atoms with E-state index in [9.17, 15) is 14.4 Å². The number of isocyanates is 1. The van der Waals surface area contributed by atoms with Gasteiger partial charge >= 0.3 is 6.09 Å². The van der Waals surface area contributed by atoms with Crippen molar-refractivity contribution in [2.45, 2.75) is 25.7 Å². The van der Waals surface area contributed by atoms with Crippen LogP contribution in [0.5, 0.6) is 5.75 Å². The molecule has 0 aliphatic rings. The van der Waals surface area contributed by atoms with Crippen molar-refractivity contribution in [1.82, 2.24) is 5.32 Å². The Balaban J connectivity index is 1.70. The minimum atomic E-state index is -0.525. The Hall–Kier alpha value is -3.24. The van der Waals surface area contributed by atoms with Crippen molar-refractivity contribution in [3.05, 3.63) is 65.7 Å². The van der Waals surface area contributed by atoms with Crippen LogP contribution in [0.2, 0.25) is 0 Å². The summed E-state index contributed by atoms with van der Waals surface area (Å²) >= 11 is 0. The average Bonchev–Trinajstić information content (AvgIpc) is 2.70. The Morgan fingerprint density at radius 3 is 2.26 bits per heavy atom. The summed E-state index contributed by atoms with van der Waals surface area (Å²) in [4.78, 5) is 37.5. The molecule has 1 amide bonds. The molecule has 0 atom stereocenters. The van der Waals surface area contributed by atoms with E-state index in [0.29, 0.717) is 30.0 Å². The fraction of sp³-hybridized carbons (Fsp3) is 0.286. The predicted molar refractivity (Wildman–Crippen MR) is 102 cm³/mol. The lowest BCUT2D eigenvalue weighted by atomic mass is 10.0. The standard InChI is InChI=1S/C21H22N2O4/c24-16-22-14-6-1-2-7-15-23-21(26)27-19-12-10-18(11-13-19)20(25)17-8-4-3-5-9-17/h3-5,8-13H,1-2,6-7,14-15H2,(H,23,26). The largest absolute Gasteiger partial charge is 0.412 e. The van der Waals surface area contributed by atoms with E-state index in [1.165, 1.54) is 6.08 Å². The normalized spacial score (nSPS) is 9.93. The zero-order valence-electron chi connectivity index (χ0n) is 15.0. The van der Waals surface area contributed by atoms with E-state index in [2.05, 4.69) is 10.3 Å². The van der Waals surface area contributed by atoms with E-state index < -0.39 is 6.09 Å². The molecule has 0 heterocycles. The van der Waals surface area contributed by atoms with Crippen molar-refractivity contribution >= 4 is 18.0 Å². The molecule has 0 spiro atoms. The highest BCUT2D eigenvalue weighted by molar-refractivity contribution is 6.09. The monoisotopic (exact) mass is 366 g/mol. The van der Waals surface area contributed by atoms with E-state index in [-0.39, 0.29) is 5.78 Å². The summed E-state index contributed by atoms with van der Waals surface area (Å²) in [5.74, 6) is 0.300. The maximum absolute atomic E-state index is 12.3. The third-order valence-electron chi connectivity index (χ3n) is 3.89. The van der Waals surface area contributed by atoms with Crippen LogP contribution in [0.1, 0.15) is 41.6 Å². The van der Waals surface area contributed by atoms with Gasteiger partial charge < -0.3 is 10.1 Å². The second kappa shape index (κ2) is 11.4. The molecule has 0 unspecified atom stereocenters. The molecule has 0 aliphatic heterocycles. The van der Waals surface area contributed by atoms with Gasteiger partial charge in [0.25, 0.3) is 0 Å². The van der Waals surface area contributed by atoms with Crippen molar-refractivity contribution in [3.63, 3.8) is 0 Å². The Morgan fingerprint density at radius 1 is 0.889 bits per heavy atom. The highest BCUT2D eigenvalue weighted by Gasteiger charge is 2.09.